The van der Waals surface area contributed by atoms with Gasteiger partial charge in [0.05, 0.1) is 32.8 Å². The highest BCUT2D eigenvalue weighted by molar-refractivity contribution is 7.10. The lowest BCUT2D eigenvalue weighted by molar-refractivity contribution is 0.0698. The van der Waals surface area contributed by atoms with Gasteiger partial charge in [0.2, 0.25) is 0 Å². The SMILES string of the molecule is N#Cc1ccc(NC(=O)c2nsc(-c3ccccc3)c2Cl)c(C(=O)O)c1. The third-order valence-electron chi connectivity index (χ3n) is 3.51. The number of nitrogens with one attached hydrogen (secondary N) is 1. The van der Waals surface area contributed by atoms with Crippen LogP contribution in [0.5, 0.6) is 0 Å². The predicted molar refractivity (Wildman–Crippen MR) is 98.6 cm³/mol. The minimum atomic E-state index is -1.26. The van der Waals surface area contributed by atoms with Crippen LogP contribution in [-0.2, 0) is 0 Å². The highest BCUT2D eigenvalue weighted by Gasteiger charge is 2.21. The van der Waals surface area contributed by atoms with Crippen molar-refractivity contribution in [1.29, 1.82) is 5.26 Å². The fraction of sp³-hybridized carbons (Fsp3) is 0. The van der Waals surface area contributed by atoms with Crippen molar-refractivity contribution < 1.29 is 14.7 Å². The molecule has 0 unspecified atom stereocenters. The number of carboxylic acids is 1. The Morgan fingerprint density at radius 2 is 1.92 bits per heavy atom. The van der Waals surface area contributed by atoms with Gasteiger partial charge in [-0.15, -0.1) is 0 Å². The minimum absolute atomic E-state index is 0.0104. The van der Waals surface area contributed by atoms with Crippen LogP contribution >= 0.6 is 23.1 Å². The van der Waals surface area contributed by atoms with Crippen LogP contribution in [-0.4, -0.2) is 21.4 Å². The second-order valence-corrected chi connectivity index (χ2v) is 6.32. The fourth-order valence-corrected chi connectivity index (χ4v) is 3.44. The molecule has 128 valence electrons. The van der Waals surface area contributed by atoms with Crippen LogP contribution < -0.4 is 5.32 Å². The monoisotopic (exact) mass is 383 g/mol. The molecule has 1 heterocycles. The average molecular weight is 384 g/mol. The maximum atomic E-state index is 12.5. The van der Waals surface area contributed by atoms with Crippen molar-refractivity contribution in [3.05, 3.63) is 70.4 Å². The average Bonchev–Trinajstić information content (AvgIpc) is 3.04. The summed E-state index contributed by atoms with van der Waals surface area (Å²) in [6.07, 6.45) is 0. The van der Waals surface area contributed by atoms with Crippen molar-refractivity contribution >= 4 is 40.7 Å². The first-order valence-electron chi connectivity index (χ1n) is 7.30. The van der Waals surface area contributed by atoms with Gasteiger partial charge in [0.25, 0.3) is 5.91 Å². The standard InChI is InChI=1S/C18H10ClN3O3S/c19-14-15(22-26-16(14)11-4-2-1-3-5-11)17(23)21-13-7-6-10(9-20)8-12(13)18(24)25/h1-8H,(H,21,23)(H,24,25). The lowest BCUT2D eigenvalue weighted by atomic mass is 10.1. The van der Waals surface area contributed by atoms with E-state index in [4.69, 9.17) is 16.9 Å². The van der Waals surface area contributed by atoms with Gasteiger partial charge in [0.1, 0.15) is 0 Å². The van der Waals surface area contributed by atoms with Crippen molar-refractivity contribution in [2.24, 2.45) is 0 Å². The fourth-order valence-electron chi connectivity index (χ4n) is 2.27. The molecule has 3 aromatic rings. The molecule has 0 spiro atoms. The number of carbonyl (C=O) groups excluding carboxylic acids is 1. The summed E-state index contributed by atoms with van der Waals surface area (Å²) in [6.45, 7) is 0. The number of benzene rings is 2. The Balaban J connectivity index is 1.92. The van der Waals surface area contributed by atoms with Crippen molar-refractivity contribution in [2.45, 2.75) is 0 Å². The lowest BCUT2D eigenvalue weighted by Crippen LogP contribution is -2.15. The first kappa shape index (κ1) is 17.6. The van der Waals surface area contributed by atoms with E-state index in [0.717, 1.165) is 17.1 Å². The summed E-state index contributed by atoms with van der Waals surface area (Å²) in [5.41, 5.74) is 0.896. The molecule has 3 rings (SSSR count). The zero-order chi connectivity index (χ0) is 18.7. The van der Waals surface area contributed by atoms with Gasteiger partial charge in [0.15, 0.2) is 5.69 Å². The van der Waals surface area contributed by atoms with E-state index in [1.807, 2.05) is 36.4 Å². The predicted octanol–water partition coefficient (Wildman–Crippen LogP) is 4.29. The number of aromatic carboxylic acids is 1. The third kappa shape index (κ3) is 3.42. The largest absolute Gasteiger partial charge is 0.478 e. The van der Waals surface area contributed by atoms with Gasteiger partial charge in [-0.25, -0.2) is 4.79 Å². The number of rotatable bonds is 4. The van der Waals surface area contributed by atoms with Gasteiger partial charge in [-0.2, -0.15) is 9.64 Å². The number of carboxylic acid groups (broad SMARTS) is 1. The lowest BCUT2D eigenvalue weighted by Gasteiger charge is -2.08. The Kier molecular flexibility index (Phi) is 4.98. The van der Waals surface area contributed by atoms with Crippen LogP contribution in [0.2, 0.25) is 5.02 Å². The molecule has 0 atom stereocenters. The molecule has 0 bridgehead atoms. The Hall–Kier alpha value is -3.21. The molecular formula is C18H10ClN3O3S. The van der Waals surface area contributed by atoms with Crippen LogP contribution in [0.25, 0.3) is 10.4 Å². The molecule has 0 radical (unpaired) electrons. The highest BCUT2D eigenvalue weighted by Crippen LogP contribution is 2.34. The Morgan fingerprint density at radius 1 is 1.19 bits per heavy atom. The molecule has 8 heteroatoms. The van der Waals surface area contributed by atoms with Crippen LogP contribution in [0.15, 0.2) is 48.5 Å². The van der Waals surface area contributed by atoms with Gasteiger partial charge in [-0.05, 0) is 35.3 Å². The van der Waals surface area contributed by atoms with Gasteiger partial charge in [-0.3, -0.25) is 4.79 Å². The van der Waals surface area contributed by atoms with Crippen LogP contribution in [0.3, 0.4) is 0 Å². The summed E-state index contributed by atoms with van der Waals surface area (Å²) >= 11 is 7.38. The zero-order valence-corrected chi connectivity index (χ0v) is 14.6. The summed E-state index contributed by atoms with van der Waals surface area (Å²) in [5, 5.41) is 20.9. The first-order valence-corrected chi connectivity index (χ1v) is 8.45. The van der Waals surface area contributed by atoms with E-state index in [2.05, 4.69) is 9.69 Å². The summed E-state index contributed by atoms with van der Waals surface area (Å²) in [5.74, 6) is -1.88. The molecule has 0 aliphatic rings. The van der Waals surface area contributed by atoms with Gasteiger partial charge in [-0.1, -0.05) is 41.9 Å². The second-order valence-electron chi connectivity index (χ2n) is 5.17. The molecule has 0 fully saturated rings. The van der Waals surface area contributed by atoms with E-state index >= 15 is 0 Å². The zero-order valence-electron chi connectivity index (χ0n) is 13.1. The molecule has 26 heavy (non-hydrogen) atoms. The Bertz CT molecular complexity index is 1040. The number of hydrogen-bond donors (Lipinski definition) is 2. The molecule has 2 N–H and O–H groups in total. The number of aromatic nitrogens is 1. The van der Waals surface area contributed by atoms with E-state index in [1.165, 1.54) is 18.2 Å². The number of nitriles is 1. The maximum absolute atomic E-state index is 12.5. The smallest absolute Gasteiger partial charge is 0.337 e. The first-order chi connectivity index (χ1) is 12.5. The molecule has 0 aliphatic carbocycles. The number of anilines is 1. The van der Waals surface area contributed by atoms with Gasteiger partial charge < -0.3 is 10.4 Å². The van der Waals surface area contributed by atoms with Crippen molar-refractivity contribution in [3.8, 4) is 16.5 Å². The van der Waals surface area contributed by atoms with E-state index < -0.39 is 11.9 Å². The molecular weight excluding hydrogens is 374 g/mol. The molecule has 1 aromatic heterocycles. The van der Waals surface area contributed by atoms with Crippen molar-refractivity contribution in [1.82, 2.24) is 4.37 Å². The molecule has 0 aliphatic heterocycles. The van der Waals surface area contributed by atoms with Crippen LogP contribution in [0.1, 0.15) is 26.4 Å². The number of halogens is 1. The van der Waals surface area contributed by atoms with Crippen LogP contribution in [0, 0.1) is 11.3 Å². The van der Waals surface area contributed by atoms with Crippen molar-refractivity contribution in [3.63, 3.8) is 0 Å². The Labute approximate surface area is 157 Å². The second kappa shape index (κ2) is 7.35. The topological polar surface area (TPSA) is 103 Å². The summed E-state index contributed by atoms with van der Waals surface area (Å²) < 4.78 is 4.09. The molecule has 6 nitrogen and oxygen atoms in total. The molecule has 0 saturated carbocycles. The van der Waals surface area contributed by atoms with E-state index in [9.17, 15) is 14.7 Å². The summed E-state index contributed by atoms with van der Waals surface area (Å²) in [7, 11) is 0. The number of carbonyl (C=O) groups is 2. The van der Waals surface area contributed by atoms with E-state index in [0.29, 0.717) is 4.88 Å². The minimum Gasteiger partial charge on any atom is -0.478 e. The molecule has 0 saturated heterocycles. The molecule has 2 aromatic carbocycles. The van der Waals surface area contributed by atoms with E-state index in [1.54, 1.807) is 0 Å². The highest BCUT2D eigenvalue weighted by atomic mass is 35.5. The third-order valence-corrected chi connectivity index (χ3v) is 4.89. The van der Waals surface area contributed by atoms with Crippen LogP contribution in [0.4, 0.5) is 5.69 Å². The van der Waals surface area contributed by atoms with Gasteiger partial charge in [0, 0.05) is 0 Å². The number of nitrogens with zero attached hydrogens (tertiary/aromatic N) is 2. The summed E-state index contributed by atoms with van der Waals surface area (Å²) in [4.78, 5) is 24.5. The Morgan fingerprint density at radius 3 is 2.58 bits per heavy atom. The number of hydrogen-bond acceptors (Lipinski definition) is 5. The molecule has 1 amide bonds. The normalized spacial score (nSPS) is 10.2. The number of amides is 1. The van der Waals surface area contributed by atoms with Crippen molar-refractivity contribution in [2.75, 3.05) is 5.32 Å². The van der Waals surface area contributed by atoms with E-state index in [-0.39, 0.29) is 27.5 Å². The van der Waals surface area contributed by atoms with Gasteiger partial charge >= 0.3 is 5.97 Å². The summed E-state index contributed by atoms with van der Waals surface area (Å²) in [6, 6.07) is 15.1. The quantitative estimate of drug-likeness (QED) is 0.699. The maximum Gasteiger partial charge on any atom is 0.337 e.